The number of rotatable bonds is 20. The average molecular weight is 1050 g/mol. The van der Waals surface area contributed by atoms with E-state index in [0.29, 0.717) is 71.3 Å². The minimum atomic E-state index is -1.17. The number of imidazole rings is 2. The van der Waals surface area contributed by atoms with E-state index in [1.54, 1.807) is 15.5 Å². The normalized spacial score (nSPS) is 22.6. The number of hydrogen-bond acceptors (Lipinski definition) is 18. The molecule has 0 amide bonds. The summed E-state index contributed by atoms with van der Waals surface area (Å²) in [5, 5.41) is 53.1. The van der Waals surface area contributed by atoms with Crippen molar-refractivity contribution in [3.05, 3.63) is 168 Å². The summed E-state index contributed by atoms with van der Waals surface area (Å²) in [6.07, 6.45) is 0.354. The van der Waals surface area contributed by atoms with Gasteiger partial charge in [0.2, 0.25) is 0 Å². The maximum absolute atomic E-state index is 10.8. The first-order valence-corrected chi connectivity index (χ1v) is 26.3. The van der Waals surface area contributed by atoms with Crippen LogP contribution in [0.5, 0.6) is 0 Å². The van der Waals surface area contributed by atoms with Crippen LogP contribution in [0.4, 0.5) is 11.6 Å². The van der Waals surface area contributed by atoms with Crippen molar-refractivity contribution in [2.45, 2.75) is 106 Å². The lowest BCUT2D eigenvalue weighted by molar-refractivity contribution is -0.0580. The maximum Gasteiger partial charge on any atom is 0.168 e. The standard InChI is InChI=1S/C31H38N6O4.C26H30N6O4/c1-40-18-24-27(38)28(39)31(41-24)37-19-34-26-29(35-25(36-30(26)37)17-32-22-14-8-9-15-22)33-16-23(20-10-4-2-5-11-20)21-12-6-3-7-13-21;1-35-14-19-22(33)23(34)26(36-19)32-15-29-21-24(30-20(12-27)31-25(21)32)28-13-18(16-8-4-2-5-9-16)17-10-6-3-7-11-17/h2-7,10-13,19,22-24,27-28,31-32,38-39H,8-9,14-18H2,1H3,(H,33,35,36);2-11,15,18-19,22-23,26,33-34H,12-14,27H2,1H3,(H,28,30,31)/t24-,27-,28-,31-;19-,22-,23-,26-/m11/s1. The Labute approximate surface area is 446 Å². The van der Waals surface area contributed by atoms with E-state index in [2.05, 4.69) is 109 Å². The molecule has 11 rings (SSSR count). The summed E-state index contributed by atoms with van der Waals surface area (Å²) in [6, 6.07) is 41.8. The third-order valence-electron chi connectivity index (χ3n) is 14.7. The van der Waals surface area contributed by atoms with Gasteiger partial charge in [0.05, 0.1) is 39.0 Å². The fourth-order valence-corrected chi connectivity index (χ4v) is 10.6. The van der Waals surface area contributed by atoms with Crippen LogP contribution in [0.3, 0.4) is 0 Å². The van der Waals surface area contributed by atoms with E-state index in [-0.39, 0.29) is 31.6 Å². The second kappa shape index (κ2) is 25.1. The summed E-state index contributed by atoms with van der Waals surface area (Å²) in [5.74, 6) is 2.38. The van der Waals surface area contributed by atoms with E-state index < -0.39 is 49.1 Å². The summed E-state index contributed by atoms with van der Waals surface area (Å²) in [6.45, 7) is 2.12. The third-order valence-corrected chi connectivity index (χ3v) is 14.7. The number of hydrogen-bond donors (Lipinski definition) is 8. The van der Waals surface area contributed by atoms with Gasteiger partial charge in [0.25, 0.3) is 0 Å². The Bertz CT molecular complexity index is 3040. The highest BCUT2D eigenvalue weighted by molar-refractivity contribution is 5.84. The molecule has 2 aliphatic heterocycles. The number of nitrogens with two attached hydrogens (primary N) is 1. The van der Waals surface area contributed by atoms with Gasteiger partial charge in [-0.1, -0.05) is 134 Å². The second-order valence-corrected chi connectivity index (χ2v) is 19.7. The predicted octanol–water partition coefficient (Wildman–Crippen LogP) is 5.16. The summed E-state index contributed by atoms with van der Waals surface area (Å²) >= 11 is 0. The van der Waals surface area contributed by atoms with Crippen LogP contribution in [0.2, 0.25) is 0 Å². The zero-order chi connectivity index (χ0) is 53.3. The second-order valence-electron chi connectivity index (χ2n) is 19.7. The molecule has 4 aromatic carbocycles. The number of aliphatic hydroxyl groups excluding tert-OH is 4. The van der Waals surface area contributed by atoms with Gasteiger partial charge in [0.15, 0.2) is 46.4 Å². The van der Waals surface area contributed by atoms with E-state index in [4.69, 9.17) is 34.6 Å². The smallest absolute Gasteiger partial charge is 0.168 e. The summed E-state index contributed by atoms with van der Waals surface area (Å²) in [4.78, 5) is 28.1. The van der Waals surface area contributed by atoms with E-state index in [0.717, 1.165) is 12.8 Å². The highest BCUT2D eigenvalue weighted by atomic mass is 16.6. The molecular formula is C57H68N12O8. The first kappa shape index (κ1) is 53.6. The topological polar surface area (TPSA) is 267 Å². The van der Waals surface area contributed by atoms with Gasteiger partial charge >= 0.3 is 0 Å². The van der Waals surface area contributed by atoms with Crippen molar-refractivity contribution in [3.8, 4) is 0 Å². The van der Waals surface area contributed by atoms with Crippen molar-refractivity contribution in [2.75, 3.05) is 51.2 Å². The van der Waals surface area contributed by atoms with Crippen LogP contribution in [-0.2, 0) is 32.0 Å². The largest absolute Gasteiger partial charge is 0.387 e. The molecule has 0 bridgehead atoms. The van der Waals surface area contributed by atoms with Crippen molar-refractivity contribution in [2.24, 2.45) is 5.73 Å². The van der Waals surface area contributed by atoms with E-state index in [9.17, 15) is 20.4 Å². The predicted molar refractivity (Wildman–Crippen MR) is 290 cm³/mol. The van der Waals surface area contributed by atoms with Crippen LogP contribution >= 0.6 is 0 Å². The maximum atomic E-state index is 10.8. The molecule has 3 aliphatic rings. The Balaban J connectivity index is 0.000000176. The third kappa shape index (κ3) is 12.0. The minimum absolute atomic E-state index is 0.0748. The monoisotopic (exact) mass is 1050 g/mol. The Morgan fingerprint density at radius 1 is 0.558 bits per heavy atom. The SMILES string of the molecule is COC[C@H]1O[C@@H](n2cnc3c(NCC(c4ccccc4)c4ccccc4)nc(CN)nc32)[C@H](O)[C@@H]1O.COC[C@H]1O[C@@H](n2cnc3c(NCC(c4ccccc4)c4ccccc4)nc(CNC4CCCC4)nc32)[C@H](O)[C@@H]1O. The minimum Gasteiger partial charge on any atom is -0.387 e. The number of fused-ring (bicyclic) bond motifs is 2. The van der Waals surface area contributed by atoms with E-state index >= 15 is 0 Å². The fourth-order valence-electron chi connectivity index (χ4n) is 10.6. The van der Waals surface area contributed by atoms with Gasteiger partial charge in [-0.15, -0.1) is 0 Å². The zero-order valence-corrected chi connectivity index (χ0v) is 43.2. The molecule has 8 aromatic rings. The zero-order valence-electron chi connectivity index (χ0n) is 43.2. The molecule has 20 nitrogen and oxygen atoms in total. The molecule has 0 spiro atoms. The molecule has 2 saturated heterocycles. The quantitative estimate of drug-likeness (QED) is 0.0490. The lowest BCUT2D eigenvalue weighted by atomic mass is 9.91. The van der Waals surface area contributed by atoms with E-state index in [1.807, 2.05) is 48.5 Å². The van der Waals surface area contributed by atoms with E-state index in [1.165, 1.54) is 55.6 Å². The van der Waals surface area contributed by atoms with Crippen molar-refractivity contribution in [1.82, 2.24) is 44.4 Å². The van der Waals surface area contributed by atoms with Crippen LogP contribution < -0.4 is 21.7 Å². The van der Waals surface area contributed by atoms with Crippen molar-refractivity contribution < 1.29 is 39.4 Å². The number of aliphatic hydroxyl groups is 4. The average Bonchev–Trinajstić information content (AvgIpc) is 4.34. The number of methoxy groups -OCH3 is 2. The number of anilines is 2. The van der Waals surface area contributed by atoms with Crippen LogP contribution in [0.25, 0.3) is 22.3 Å². The van der Waals surface area contributed by atoms with Crippen molar-refractivity contribution >= 4 is 34.0 Å². The van der Waals surface area contributed by atoms with Crippen LogP contribution in [0.1, 0.15) is 83.9 Å². The molecule has 0 radical (unpaired) electrons. The van der Waals surface area contributed by atoms with Gasteiger partial charge in [-0.2, -0.15) is 0 Å². The molecule has 0 unspecified atom stereocenters. The van der Waals surface area contributed by atoms with Gasteiger partial charge in [-0.25, -0.2) is 29.9 Å². The number of nitrogens with zero attached hydrogens (tertiary/aromatic N) is 8. The Kier molecular flexibility index (Phi) is 17.5. The lowest BCUT2D eigenvalue weighted by Crippen LogP contribution is -2.33. The molecule has 3 fully saturated rings. The van der Waals surface area contributed by atoms with Crippen molar-refractivity contribution in [3.63, 3.8) is 0 Å². The number of benzene rings is 4. The molecule has 404 valence electrons. The molecule has 8 atom stereocenters. The number of nitrogens with one attached hydrogen (secondary N) is 3. The van der Waals surface area contributed by atoms with Gasteiger partial charge in [0, 0.05) is 45.2 Å². The highest BCUT2D eigenvalue weighted by Crippen LogP contribution is 2.36. The summed E-state index contributed by atoms with van der Waals surface area (Å²) in [5.41, 5.74) is 12.8. The molecule has 1 aliphatic carbocycles. The van der Waals surface area contributed by atoms with Crippen LogP contribution in [-0.4, -0.2) is 143 Å². The Hall–Kier alpha value is -6.82. The molecule has 1 saturated carbocycles. The highest BCUT2D eigenvalue weighted by Gasteiger charge is 2.45. The Morgan fingerprint density at radius 2 is 0.948 bits per heavy atom. The van der Waals surface area contributed by atoms with Crippen LogP contribution in [0.15, 0.2) is 134 Å². The first-order valence-electron chi connectivity index (χ1n) is 26.3. The van der Waals surface area contributed by atoms with Gasteiger partial charge < -0.3 is 61.1 Å². The number of ether oxygens (including phenoxy) is 4. The first-order chi connectivity index (χ1) is 37.7. The Morgan fingerprint density at radius 3 is 1.34 bits per heavy atom. The molecule has 20 heteroatoms. The summed E-state index contributed by atoms with van der Waals surface area (Å²) in [7, 11) is 3.05. The van der Waals surface area contributed by atoms with Gasteiger partial charge in [-0.05, 0) is 35.1 Å². The molecule has 6 heterocycles. The fraction of sp³-hybridized carbons (Fsp3) is 0.404. The molecule has 77 heavy (non-hydrogen) atoms. The summed E-state index contributed by atoms with van der Waals surface area (Å²) < 4.78 is 25.5. The van der Waals surface area contributed by atoms with Crippen LogP contribution in [0, 0.1) is 0 Å². The molecular weight excluding hydrogens is 981 g/mol. The molecule has 4 aromatic heterocycles. The van der Waals surface area contributed by atoms with Gasteiger partial charge in [-0.3, -0.25) is 9.13 Å². The van der Waals surface area contributed by atoms with Gasteiger partial charge in [0.1, 0.15) is 48.3 Å². The lowest BCUT2D eigenvalue weighted by Gasteiger charge is -2.20. The van der Waals surface area contributed by atoms with Crippen molar-refractivity contribution in [1.29, 1.82) is 0 Å². The number of aromatic nitrogens is 8. The molecule has 9 N–H and O–H groups in total.